The lowest BCUT2D eigenvalue weighted by Crippen LogP contribution is -2.31. The van der Waals surface area contributed by atoms with Gasteiger partial charge in [0.15, 0.2) is 0 Å². The van der Waals surface area contributed by atoms with Crippen molar-refractivity contribution in [2.75, 3.05) is 38.9 Å². The molecule has 4 atom stereocenters. The summed E-state index contributed by atoms with van der Waals surface area (Å²) in [4.78, 5) is 0. The van der Waals surface area contributed by atoms with E-state index in [1.54, 1.807) is 7.11 Å². The van der Waals surface area contributed by atoms with Crippen molar-refractivity contribution in [2.45, 2.75) is 19.1 Å². The van der Waals surface area contributed by atoms with Crippen molar-refractivity contribution in [1.82, 2.24) is 0 Å². The standard InChI is InChI=1S/C16H25FN2O2/c1-11-9-21-10-13(11)8-19-14-5-3-12(4-6-14)16(20-2)15(18)7-17/h3-6,11,13,15-16,19H,7-10,18H2,1-2H3. The maximum absolute atomic E-state index is 12.7. The highest BCUT2D eigenvalue weighted by Crippen LogP contribution is 2.23. The van der Waals surface area contributed by atoms with Crippen LogP contribution >= 0.6 is 0 Å². The number of anilines is 1. The molecule has 0 amide bonds. The Morgan fingerprint density at radius 1 is 1.38 bits per heavy atom. The van der Waals surface area contributed by atoms with Crippen LogP contribution < -0.4 is 11.1 Å². The average Bonchev–Trinajstić information content (AvgIpc) is 2.92. The molecule has 3 N–H and O–H groups in total. The molecule has 1 fully saturated rings. The molecule has 1 saturated heterocycles. The Hall–Kier alpha value is -1.17. The Bertz CT molecular complexity index is 427. The fourth-order valence-corrected chi connectivity index (χ4v) is 2.64. The first-order chi connectivity index (χ1) is 10.2. The SMILES string of the molecule is COC(c1ccc(NCC2COCC2C)cc1)C(N)CF. The number of benzene rings is 1. The maximum atomic E-state index is 12.7. The summed E-state index contributed by atoms with van der Waals surface area (Å²) in [5.41, 5.74) is 7.66. The van der Waals surface area contributed by atoms with Crippen LogP contribution in [0.25, 0.3) is 0 Å². The summed E-state index contributed by atoms with van der Waals surface area (Å²) in [6, 6.07) is 7.19. The predicted octanol–water partition coefficient (Wildman–Crippen LogP) is 2.37. The molecule has 1 aromatic rings. The third kappa shape index (κ3) is 4.15. The van der Waals surface area contributed by atoms with E-state index in [0.29, 0.717) is 11.8 Å². The summed E-state index contributed by atoms with van der Waals surface area (Å²) in [6.45, 7) is 4.19. The zero-order valence-electron chi connectivity index (χ0n) is 12.7. The molecule has 5 heteroatoms. The van der Waals surface area contributed by atoms with Crippen molar-refractivity contribution in [1.29, 1.82) is 0 Å². The molecular formula is C16H25FN2O2. The largest absolute Gasteiger partial charge is 0.385 e. The lowest BCUT2D eigenvalue weighted by atomic mass is 9.98. The first kappa shape index (κ1) is 16.2. The average molecular weight is 296 g/mol. The normalized spacial score (nSPS) is 24.8. The van der Waals surface area contributed by atoms with Crippen LogP contribution in [0.5, 0.6) is 0 Å². The van der Waals surface area contributed by atoms with E-state index in [1.807, 2.05) is 24.3 Å². The van der Waals surface area contributed by atoms with E-state index >= 15 is 0 Å². The minimum Gasteiger partial charge on any atom is -0.385 e. The van der Waals surface area contributed by atoms with Crippen LogP contribution in [0.1, 0.15) is 18.6 Å². The van der Waals surface area contributed by atoms with Crippen LogP contribution in [0.15, 0.2) is 24.3 Å². The molecule has 0 bridgehead atoms. The van der Waals surface area contributed by atoms with Gasteiger partial charge >= 0.3 is 0 Å². The van der Waals surface area contributed by atoms with Gasteiger partial charge in [-0.2, -0.15) is 0 Å². The third-order valence-corrected chi connectivity index (χ3v) is 4.15. The van der Waals surface area contributed by atoms with E-state index in [2.05, 4.69) is 12.2 Å². The van der Waals surface area contributed by atoms with Crippen LogP contribution in [0, 0.1) is 11.8 Å². The lowest BCUT2D eigenvalue weighted by molar-refractivity contribution is 0.0721. The smallest absolute Gasteiger partial charge is 0.107 e. The van der Waals surface area contributed by atoms with Crippen LogP contribution in [0.3, 0.4) is 0 Å². The Balaban J connectivity index is 1.92. The van der Waals surface area contributed by atoms with Gasteiger partial charge in [0.2, 0.25) is 0 Å². The Kier molecular flexibility index (Phi) is 5.96. The van der Waals surface area contributed by atoms with Crippen molar-refractivity contribution in [3.63, 3.8) is 0 Å². The van der Waals surface area contributed by atoms with Crippen molar-refractivity contribution < 1.29 is 13.9 Å². The molecule has 4 nitrogen and oxygen atoms in total. The summed E-state index contributed by atoms with van der Waals surface area (Å²) in [5.74, 6) is 1.15. The second kappa shape index (κ2) is 7.73. The molecule has 118 valence electrons. The number of hydrogen-bond acceptors (Lipinski definition) is 4. The highest BCUT2D eigenvalue weighted by atomic mass is 19.1. The second-order valence-electron chi connectivity index (χ2n) is 5.75. The molecule has 1 aliphatic rings. The van der Waals surface area contributed by atoms with Crippen molar-refractivity contribution in [3.8, 4) is 0 Å². The molecule has 1 aromatic carbocycles. The third-order valence-electron chi connectivity index (χ3n) is 4.15. The van der Waals surface area contributed by atoms with E-state index in [4.69, 9.17) is 15.2 Å². The molecule has 1 heterocycles. The Labute approximate surface area is 125 Å². The number of nitrogens with two attached hydrogens (primary N) is 1. The van der Waals surface area contributed by atoms with Gasteiger partial charge in [-0.15, -0.1) is 0 Å². The first-order valence-electron chi connectivity index (χ1n) is 7.41. The van der Waals surface area contributed by atoms with E-state index in [9.17, 15) is 4.39 Å². The van der Waals surface area contributed by atoms with Crippen LogP contribution in [-0.4, -0.2) is 39.6 Å². The zero-order valence-corrected chi connectivity index (χ0v) is 12.7. The Morgan fingerprint density at radius 2 is 2.10 bits per heavy atom. The van der Waals surface area contributed by atoms with Gasteiger partial charge < -0.3 is 20.5 Å². The maximum Gasteiger partial charge on any atom is 0.107 e. The van der Waals surface area contributed by atoms with E-state index < -0.39 is 18.8 Å². The zero-order chi connectivity index (χ0) is 15.2. The topological polar surface area (TPSA) is 56.5 Å². The number of halogens is 1. The number of methoxy groups -OCH3 is 1. The summed E-state index contributed by atoms with van der Waals surface area (Å²) in [5, 5.41) is 3.42. The summed E-state index contributed by atoms with van der Waals surface area (Å²) in [6.07, 6.45) is -0.410. The van der Waals surface area contributed by atoms with Gasteiger partial charge in [-0.1, -0.05) is 19.1 Å². The molecule has 2 rings (SSSR count). The Morgan fingerprint density at radius 3 is 2.62 bits per heavy atom. The summed E-state index contributed by atoms with van der Waals surface area (Å²) >= 11 is 0. The van der Waals surface area contributed by atoms with Crippen molar-refractivity contribution in [3.05, 3.63) is 29.8 Å². The molecule has 0 spiro atoms. The van der Waals surface area contributed by atoms with Crippen molar-refractivity contribution >= 4 is 5.69 Å². The number of alkyl halides is 1. The van der Waals surface area contributed by atoms with Gasteiger partial charge in [0, 0.05) is 31.9 Å². The quantitative estimate of drug-likeness (QED) is 0.811. The van der Waals surface area contributed by atoms with Crippen molar-refractivity contribution in [2.24, 2.45) is 17.6 Å². The number of rotatable bonds is 7. The van der Waals surface area contributed by atoms with Gasteiger partial charge in [0.25, 0.3) is 0 Å². The highest BCUT2D eigenvalue weighted by Gasteiger charge is 2.24. The molecule has 0 aromatic heterocycles. The van der Waals surface area contributed by atoms with E-state index in [0.717, 1.165) is 31.0 Å². The van der Waals surface area contributed by atoms with Crippen LogP contribution in [-0.2, 0) is 9.47 Å². The van der Waals surface area contributed by atoms with Crippen LogP contribution in [0.4, 0.5) is 10.1 Å². The molecule has 1 aliphatic heterocycles. The highest BCUT2D eigenvalue weighted by molar-refractivity contribution is 5.45. The monoisotopic (exact) mass is 296 g/mol. The second-order valence-corrected chi connectivity index (χ2v) is 5.75. The molecule has 0 radical (unpaired) electrons. The van der Waals surface area contributed by atoms with Crippen LogP contribution in [0.2, 0.25) is 0 Å². The first-order valence-corrected chi connectivity index (χ1v) is 7.41. The number of nitrogens with one attached hydrogen (secondary N) is 1. The fraction of sp³-hybridized carbons (Fsp3) is 0.625. The molecule has 0 aliphatic carbocycles. The van der Waals surface area contributed by atoms with E-state index in [-0.39, 0.29) is 0 Å². The van der Waals surface area contributed by atoms with Gasteiger partial charge in [0.1, 0.15) is 6.67 Å². The molecule has 4 unspecified atom stereocenters. The van der Waals surface area contributed by atoms with Gasteiger partial charge in [-0.25, -0.2) is 4.39 Å². The predicted molar refractivity (Wildman–Crippen MR) is 82.1 cm³/mol. The number of ether oxygens (including phenoxy) is 2. The summed E-state index contributed by atoms with van der Waals surface area (Å²) < 4.78 is 23.4. The van der Waals surface area contributed by atoms with Gasteiger partial charge in [-0.05, 0) is 23.6 Å². The lowest BCUT2D eigenvalue weighted by Gasteiger charge is -2.21. The summed E-state index contributed by atoms with van der Waals surface area (Å²) in [7, 11) is 1.55. The minimum absolute atomic E-state index is 0.410. The van der Waals surface area contributed by atoms with Gasteiger partial charge in [0.05, 0.1) is 18.8 Å². The molecule has 0 saturated carbocycles. The molecular weight excluding hydrogens is 271 g/mol. The fourth-order valence-electron chi connectivity index (χ4n) is 2.64. The van der Waals surface area contributed by atoms with Gasteiger partial charge in [-0.3, -0.25) is 0 Å². The van der Waals surface area contributed by atoms with E-state index in [1.165, 1.54) is 0 Å². The molecule has 21 heavy (non-hydrogen) atoms. The number of hydrogen-bond donors (Lipinski definition) is 2. The minimum atomic E-state index is -0.634.